The Balaban J connectivity index is 0.00000225. The van der Waals surface area contributed by atoms with Gasteiger partial charge in [0.2, 0.25) is 0 Å². The van der Waals surface area contributed by atoms with Gasteiger partial charge >= 0.3 is 5.97 Å². The van der Waals surface area contributed by atoms with E-state index in [1.54, 1.807) is 18.2 Å². The lowest BCUT2D eigenvalue weighted by Crippen LogP contribution is -2.33. The standard InChI is InChI=1S/C10H11Cl2NO2.ClH/c1-15-10(14)9(13)4-6-2-3-7(11)5-8(6)12;/h2-3,5,9H,4,13H2,1H3;1H/t9-;/m0./s1. The van der Waals surface area contributed by atoms with Gasteiger partial charge in [-0.2, -0.15) is 0 Å². The quantitative estimate of drug-likeness (QED) is 0.868. The summed E-state index contributed by atoms with van der Waals surface area (Å²) in [6.07, 6.45) is 0.336. The van der Waals surface area contributed by atoms with Crippen molar-refractivity contribution in [2.75, 3.05) is 7.11 Å². The van der Waals surface area contributed by atoms with E-state index in [0.717, 1.165) is 5.56 Å². The van der Waals surface area contributed by atoms with Crippen molar-refractivity contribution in [3.63, 3.8) is 0 Å². The van der Waals surface area contributed by atoms with Crippen LogP contribution in [0.1, 0.15) is 5.56 Å². The maximum atomic E-state index is 11.1. The van der Waals surface area contributed by atoms with E-state index in [1.165, 1.54) is 7.11 Å². The summed E-state index contributed by atoms with van der Waals surface area (Å²) in [4.78, 5) is 11.1. The van der Waals surface area contributed by atoms with Crippen LogP contribution in [0.2, 0.25) is 10.0 Å². The summed E-state index contributed by atoms with van der Waals surface area (Å²) < 4.78 is 4.51. The van der Waals surface area contributed by atoms with Gasteiger partial charge in [0.1, 0.15) is 6.04 Å². The van der Waals surface area contributed by atoms with E-state index in [-0.39, 0.29) is 12.4 Å². The van der Waals surface area contributed by atoms with Crippen molar-refractivity contribution in [2.45, 2.75) is 12.5 Å². The normalized spacial score (nSPS) is 11.5. The summed E-state index contributed by atoms with van der Waals surface area (Å²) in [5.41, 5.74) is 6.38. The molecule has 1 aromatic carbocycles. The molecule has 1 aromatic rings. The second-order valence-electron chi connectivity index (χ2n) is 3.07. The first kappa shape index (κ1) is 15.5. The largest absolute Gasteiger partial charge is 0.468 e. The summed E-state index contributed by atoms with van der Waals surface area (Å²) in [6, 6.07) is 4.36. The average Bonchev–Trinajstić information content (AvgIpc) is 2.20. The SMILES string of the molecule is COC(=O)[C@@H](N)Cc1ccc(Cl)cc1Cl.Cl. The molecule has 0 radical (unpaired) electrons. The van der Waals surface area contributed by atoms with Crippen LogP contribution in [0.5, 0.6) is 0 Å². The molecular weight excluding hydrogens is 272 g/mol. The lowest BCUT2D eigenvalue weighted by Gasteiger charge is -2.10. The number of carbonyl (C=O) groups excluding carboxylic acids is 1. The number of ether oxygens (including phenoxy) is 1. The number of nitrogens with two attached hydrogens (primary N) is 1. The summed E-state index contributed by atoms with van der Waals surface area (Å²) in [7, 11) is 1.30. The van der Waals surface area contributed by atoms with Crippen LogP contribution in [0.3, 0.4) is 0 Å². The molecule has 0 unspecified atom stereocenters. The minimum atomic E-state index is -0.700. The van der Waals surface area contributed by atoms with Crippen molar-refractivity contribution in [1.82, 2.24) is 0 Å². The number of halogens is 3. The highest BCUT2D eigenvalue weighted by atomic mass is 35.5. The Bertz CT molecular complexity index is 371. The Morgan fingerprint density at radius 3 is 2.62 bits per heavy atom. The van der Waals surface area contributed by atoms with Crippen LogP contribution in [-0.2, 0) is 16.0 Å². The molecule has 0 spiro atoms. The van der Waals surface area contributed by atoms with Gasteiger partial charge in [-0.15, -0.1) is 12.4 Å². The monoisotopic (exact) mass is 283 g/mol. The predicted molar refractivity (Wildman–Crippen MR) is 67.4 cm³/mol. The van der Waals surface area contributed by atoms with E-state index in [1.807, 2.05) is 0 Å². The molecule has 2 N–H and O–H groups in total. The van der Waals surface area contributed by atoms with Gasteiger partial charge in [-0.1, -0.05) is 29.3 Å². The molecule has 0 aromatic heterocycles. The highest BCUT2D eigenvalue weighted by Crippen LogP contribution is 2.21. The number of rotatable bonds is 3. The van der Waals surface area contributed by atoms with E-state index in [2.05, 4.69) is 4.74 Å². The first-order valence-electron chi connectivity index (χ1n) is 4.32. The van der Waals surface area contributed by atoms with Gasteiger partial charge in [0.05, 0.1) is 7.11 Å². The van der Waals surface area contributed by atoms with Crippen LogP contribution in [0.4, 0.5) is 0 Å². The number of carbonyl (C=O) groups is 1. The number of hydrogen-bond acceptors (Lipinski definition) is 3. The molecule has 6 heteroatoms. The third-order valence-corrected chi connectivity index (χ3v) is 2.55. The maximum absolute atomic E-state index is 11.1. The minimum Gasteiger partial charge on any atom is -0.468 e. The molecule has 0 fully saturated rings. The molecule has 0 heterocycles. The molecule has 90 valence electrons. The van der Waals surface area contributed by atoms with Gasteiger partial charge in [0, 0.05) is 10.0 Å². The van der Waals surface area contributed by atoms with E-state index in [0.29, 0.717) is 16.5 Å². The van der Waals surface area contributed by atoms with E-state index < -0.39 is 12.0 Å². The fourth-order valence-corrected chi connectivity index (χ4v) is 1.64. The van der Waals surface area contributed by atoms with Crippen LogP contribution < -0.4 is 5.73 Å². The number of benzene rings is 1. The smallest absolute Gasteiger partial charge is 0.322 e. The van der Waals surface area contributed by atoms with Crippen LogP contribution >= 0.6 is 35.6 Å². The van der Waals surface area contributed by atoms with Gasteiger partial charge in [-0.05, 0) is 24.1 Å². The fraction of sp³-hybridized carbons (Fsp3) is 0.300. The van der Waals surface area contributed by atoms with Crippen LogP contribution in [-0.4, -0.2) is 19.1 Å². The average molecular weight is 285 g/mol. The van der Waals surface area contributed by atoms with Gasteiger partial charge in [0.15, 0.2) is 0 Å². The molecule has 1 rings (SSSR count). The van der Waals surface area contributed by atoms with Crippen molar-refractivity contribution in [3.05, 3.63) is 33.8 Å². The summed E-state index contributed by atoms with van der Waals surface area (Å²) in [6.45, 7) is 0. The first-order valence-corrected chi connectivity index (χ1v) is 5.07. The molecule has 0 saturated heterocycles. The Morgan fingerprint density at radius 1 is 1.50 bits per heavy atom. The second kappa shape index (κ2) is 6.97. The lowest BCUT2D eigenvalue weighted by molar-refractivity contribution is -0.142. The highest BCUT2D eigenvalue weighted by Gasteiger charge is 2.15. The molecule has 0 amide bonds. The number of esters is 1. The summed E-state index contributed by atoms with van der Waals surface area (Å²) in [5, 5.41) is 1.05. The fourth-order valence-electron chi connectivity index (χ4n) is 1.16. The van der Waals surface area contributed by atoms with Crippen molar-refractivity contribution in [1.29, 1.82) is 0 Å². The van der Waals surface area contributed by atoms with Crippen molar-refractivity contribution in [3.8, 4) is 0 Å². The molecule has 0 saturated carbocycles. The molecule has 0 aliphatic rings. The Kier molecular flexibility index (Phi) is 6.76. The topological polar surface area (TPSA) is 52.3 Å². The van der Waals surface area contributed by atoms with Crippen molar-refractivity contribution >= 4 is 41.6 Å². The third kappa shape index (κ3) is 4.18. The highest BCUT2D eigenvalue weighted by molar-refractivity contribution is 6.35. The minimum absolute atomic E-state index is 0. The molecule has 0 bridgehead atoms. The molecule has 16 heavy (non-hydrogen) atoms. The molecular formula is C10H12Cl3NO2. The van der Waals surface area contributed by atoms with E-state index >= 15 is 0 Å². The van der Waals surface area contributed by atoms with Crippen LogP contribution in [0, 0.1) is 0 Å². The third-order valence-electron chi connectivity index (χ3n) is 1.96. The Labute approximate surface area is 110 Å². The molecule has 0 aliphatic heterocycles. The van der Waals surface area contributed by atoms with Crippen LogP contribution in [0.15, 0.2) is 18.2 Å². The van der Waals surface area contributed by atoms with E-state index in [9.17, 15) is 4.79 Å². The molecule has 3 nitrogen and oxygen atoms in total. The van der Waals surface area contributed by atoms with Crippen LogP contribution in [0.25, 0.3) is 0 Å². The van der Waals surface area contributed by atoms with Gasteiger partial charge < -0.3 is 10.5 Å². The van der Waals surface area contributed by atoms with Crippen molar-refractivity contribution < 1.29 is 9.53 Å². The lowest BCUT2D eigenvalue weighted by atomic mass is 10.1. The summed E-state index contributed by atoms with van der Waals surface area (Å²) in [5.74, 6) is -0.457. The zero-order chi connectivity index (χ0) is 11.4. The number of hydrogen-bond donors (Lipinski definition) is 1. The number of methoxy groups -OCH3 is 1. The second-order valence-corrected chi connectivity index (χ2v) is 3.91. The van der Waals surface area contributed by atoms with Gasteiger partial charge in [-0.3, -0.25) is 4.79 Å². The zero-order valence-electron chi connectivity index (χ0n) is 8.57. The summed E-state index contributed by atoms with van der Waals surface area (Å²) >= 11 is 11.7. The van der Waals surface area contributed by atoms with Gasteiger partial charge in [0.25, 0.3) is 0 Å². The molecule has 1 atom stereocenters. The van der Waals surface area contributed by atoms with E-state index in [4.69, 9.17) is 28.9 Å². The Morgan fingerprint density at radius 2 is 2.12 bits per heavy atom. The molecule has 0 aliphatic carbocycles. The van der Waals surface area contributed by atoms with Gasteiger partial charge in [-0.25, -0.2) is 0 Å². The predicted octanol–water partition coefficient (Wildman–Crippen LogP) is 2.46. The maximum Gasteiger partial charge on any atom is 0.322 e. The van der Waals surface area contributed by atoms with Crippen molar-refractivity contribution in [2.24, 2.45) is 5.73 Å². The Hall–Kier alpha value is -0.480. The zero-order valence-corrected chi connectivity index (χ0v) is 10.9. The first-order chi connectivity index (χ1) is 7.04.